The predicted molar refractivity (Wildman–Crippen MR) is 52.3 cm³/mol. The second kappa shape index (κ2) is 3.87. The molecule has 0 spiro atoms. The molecule has 0 aliphatic carbocycles. The van der Waals surface area contributed by atoms with Crippen LogP contribution in [-0.4, -0.2) is 14.7 Å². The smallest absolute Gasteiger partial charge is 0.257 e. The van der Waals surface area contributed by atoms with Gasteiger partial charge in [-0.2, -0.15) is 0 Å². The van der Waals surface area contributed by atoms with Gasteiger partial charge in [0.05, 0.1) is 0 Å². The zero-order chi connectivity index (χ0) is 10.8. The summed E-state index contributed by atoms with van der Waals surface area (Å²) in [6.45, 7) is 0. The fourth-order valence-electron chi connectivity index (χ4n) is 1.01. The number of nitrogens with two attached hydrogens (primary N) is 2. The van der Waals surface area contributed by atoms with Gasteiger partial charge in [-0.25, -0.2) is 4.21 Å². The van der Waals surface area contributed by atoms with E-state index in [1.807, 2.05) is 0 Å². The first-order chi connectivity index (χ1) is 6.49. The van der Waals surface area contributed by atoms with Crippen LogP contribution >= 0.6 is 0 Å². The molecule has 1 aromatic carbocycles. The lowest BCUT2D eigenvalue weighted by molar-refractivity contribution is -0.120. The Morgan fingerprint density at radius 2 is 1.86 bits per heavy atom. The normalized spacial score (nSPS) is 17.0. The fraction of sp³-hybridized carbons (Fsp3) is 0.125. The van der Waals surface area contributed by atoms with E-state index in [1.165, 1.54) is 12.1 Å². The number of carbonyl (C=O) groups excluding carboxylic acids is 1. The van der Waals surface area contributed by atoms with Gasteiger partial charge in [0.1, 0.15) is 0 Å². The Morgan fingerprint density at radius 1 is 1.36 bits per heavy atom. The van der Waals surface area contributed by atoms with Crippen LogP contribution < -0.4 is 11.5 Å². The lowest BCUT2D eigenvalue weighted by Crippen LogP contribution is -2.52. The number of primary amides is 1. The molecule has 0 radical (unpaired) electrons. The topological polar surface area (TPSA) is 106 Å². The Morgan fingerprint density at radius 3 is 2.21 bits per heavy atom. The van der Waals surface area contributed by atoms with E-state index < -0.39 is 21.9 Å². The van der Waals surface area contributed by atoms with Crippen LogP contribution in [0, 0.1) is 0 Å². The standard InChI is InChI=1S/C8H10N2O3S/c9-7(11)8(10,14(12)13)6-4-2-1-3-5-6/h1-5H,10H2,(H2,9,11)(H,12,13). The number of hydrogen-bond donors (Lipinski definition) is 3. The van der Waals surface area contributed by atoms with E-state index in [1.54, 1.807) is 18.2 Å². The number of carbonyl (C=O) groups is 1. The third-order valence-corrected chi connectivity index (χ3v) is 2.83. The van der Waals surface area contributed by atoms with Gasteiger partial charge in [0, 0.05) is 0 Å². The van der Waals surface area contributed by atoms with Crippen molar-refractivity contribution in [3.63, 3.8) is 0 Å². The van der Waals surface area contributed by atoms with E-state index in [0.29, 0.717) is 0 Å². The van der Waals surface area contributed by atoms with Crippen LogP contribution in [0.4, 0.5) is 0 Å². The molecule has 0 bridgehead atoms. The van der Waals surface area contributed by atoms with Gasteiger partial charge >= 0.3 is 0 Å². The first-order valence-electron chi connectivity index (χ1n) is 3.75. The summed E-state index contributed by atoms with van der Waals surface area (Å²) >= 11 is -2.55. The van der Waals surface area contributed by atoms with Crippen molar-refractivity contribution in [3.8, 4) is 0 Å². The van der Waals surface area contributed by atoms with Crippen molar-refractivity contribution in [1.82, 2.24) is 0 Å². The molecule has 2 unspecified atom stereocenters. The van der Waals surface area contributed by atoms with Gasteiger partial charge in [0.25, 0.3) is 5.91 Å². The maximum absolute atomic E-state index is 11.0. The number of benzene rings is 1. The molecule has 0 saturated heterocycles. The van der Waals surface area contributed by atoms with E-state index >= 15 is 0 Å². The van der Waals surface area contributed by atoms with E-state index in [9.17, 15) is 9.00 Å². The molecule has 76 valence electrons. The van der Waals surface area contributed by atoms with Crippen molar-refractivity contribution in [2.24, 2.45) is 11.5 Å². The highest BCUT2D eigenvalue weighted by Crippen LogP contribution is 2.20. The third-order valence-electron chi connectivity index (χ3n) is 1.84. The van der Waals surface area contributed by atoms with E-state index in [4.69, 9.17) is 16.0 Å². The Bertz CT molecular complexity index is 352. The van der Waals surface area contributed by atoms with Gasteiger partial charge in [-0.1, -0.05) is 30.3 Å². The Kier molecular flexibility index (Phi) is 3.00. The highest BCUT2D eigenvalue weighted by atomic mass is 32.2. The van der Waals surface area contributed by atoms with E-state index in [-0.39, 0.29) is 5.56 Å². The quantitative estimate of drug-likeness (QED) is 0.590. The minimum Gasteiger partial charge on any atom is -0.367 e. The molecule has 5 N–H and O–H groups in total. The highest BCUT2D eigenvalue weighted by molar-refractivity contribution is 7.81. The maximum atomic E-state index is 11.0. The molecule has 1 rings (SSSR count). The van der Waals surface area contributed by atoms with Crippen LogP contribution in [0.3, 0.4) is 0 Å². The van der Waals surface area contributed by atoms with Crippen molar-refractivity contribution in [1.29, 1.82) is 0 Å². The van der Waals surface area contributed by atoms with E-state index in [2.05, 4.69) is 0 Å². The van der Waals surface area contributed by atoms with Crippen molar-refractivity contribution in [2.45, 2.75) is 4.87 Å². The highest BCUT2D eigenvalue weighted by Gasteiger charge is 2.40. The Hall–Kier alpha value is -1.24. The molecule has 1 aromatic rings. The average molecular weight is 214 g/mol. The molecule has 0 heterocycles. The van der Waals surface area contributed by atoms with Gasteiger partial charge in [0.2, 0.25) is 4.87 Å². The molecule has 5 nitrogen and oxygen atoms in total. The van der Waals surface area contributed by atoms with Crippen LogP contribution in [0.1, 0.15) is 5.56 Å². The lowest BCUT2D eigenvalue weighted by atomic mass is 10.1. The van der Waals surface area contributed by atoms with Crippen LogP contribution in [0.15, 0.2) is 30.3 Å². The molecule has 0 aromatic heterocycles. The summed E-state index contributed by atoms with van der Waals surface area (Å²) in [5.74, 6) is -1.04. The molecule has 14 heavy (non-hydrogen) atoms. The zero-order valence-electron chi connectivity index (χ0n) is 7.21. The largest absolute Gasteiger partial charge is 0.367 e. The maximum Gasteiger partial charge on any atom is 0.257 e. The lowest BCUT2D eigenvalue weighted by Gasteiger charge is -2.21. The monoisotopic (exact) mass is 214 g/mol. The van der Waals surface area contributed by atoms with Gasteiger partial charge < -0.3 is 16.0 Å². The first kappa shape index (κ1) is 10.8. The molecule has 0 aliphatic heterocycles. The van der Waals surface area contributed by atoms with Crippen molar-refractivity contribution >= 4 is 17.0 Å². The van der Waals surface area contributed by atoms with Gasteiger partial charge in [-0.05, 0) is 5.56 Å². The minimum absolute atomic E-state index is 0.216. The van der Waals surface area contributed by atoms with Crippen LogP contribution in [0.5, 0.6) is 0 Å². The third kappa shape index (κ3) is 1.67. The molecular formula is C8H10N2O3S. The van der Waals surface area contributed by atoms with Crippen molar-refractivity contribution < 1.29 is 13.6 Å². The number of amides is 1. The van der Waals surface area contributed by atoms with Gasteiger partial charge in [-0.3, -0.25) is 4.79 Å². The summed E-state index contributed by atoms with van der Waals surface area (Å²) in [5.41, 5.74) is 10.7. The second-order valence-electron chi connectivity index (χ2n) is 2.72. The minimum atomic E-state index is -2.55. The molecular weight excluding hydrogens is 204 g/mol. The van der Waals surface area contributed by atoms with E-state index in [0.717, 1.165) is 0 Å². The molecule has 0 aliphatic rings. The van der Waals surface area contributed by atoms with Crippen LogP contribution in [0.2, 0.25) is 0 Å². The molecule has 2 atom stereocenters. The summed E-state index contributed by atoms with van der Waals surface area (Å²) in [4.78, 5) is 8.97. The Balaban J connectivity index is 3.27. The second-order valence-corrected chi connectivity index (χ2v) is 3.86. The number of rotatable bonds is 3. The van der Waals surface area contributed by atoms with Crippen LogP contribution in [-0.2, 0) is 20.7 Å². The molecule has 1 amide bonds. The fourth-order valence-corrected chi connectivity index (χ4v) is 1.52. The first-order valence-corrected chi connectivity index (χ1v) is 4.85. The summed E-state index contributed by atoms with van der Waals surface area (Å²) in [6.07, 6.45) is 0. The van der Waals surface area contributed by atoms with Crippen molar-refractivity contribution in [2.75, 3.05) is 0 Å². The average Bonchev–Trinajstić information content (AvgIpc) is 2.17. The Labute approximate surface area is 83.4 Å². The van der Waals surface area contributed by atoms with Gasteiger partial charge in [0.15, 0.2) is 11.1 Å². The summed E-state index contributed by atoms with van der Waals surface area (Å²) in [7, 11) is 0. The van der Waals surface area contributed by atoms with Gasteiger partial charge in [-0.15, -0.1) is 0 Å². The molecule has 6 heteroatoms. The van der Waals surface area contributed by atoms with Crippen molar-refractivity contribution in [3.05, 3.63) is 35.9 Å². The number of hydrogen-bond acceptors (Lipinski definition) is 3. The van der Waals surface area contributed by atoms with Crippen LogP contribution in [0.25, 0.3) is 0 Å². The molecule has 0 fully saturated rings. The SMILES string of the molecule is NC(=O)C(N)(c1ccccc1)S(=O)O. The summed E-state index contributed by atoms with van der Waals surface area (Å²) in [5, 5.41) is 0. The zero-order valence-corrected chi connectivity index (χ0v) is 8.03. The predicted octanol–water partition coefficient (Wildman–Crippen LogP) is -0.495. The summed E-state index contributed by atoms with van der Waals surface area (Å²) in [6, 6.07) is 7.85. The molecule has 0 saturated carbocycles. The summed E-state index contributed by atoms with van der Waals surface area (Å²) < 4.78 is 19.9.